The molecule has 0 bridgehead atoms. The quantitative estimate of drug-likeness (QED) is 0.618. The molecule has 1 aromatic carbocycles. The molecule has 0 atom stereocenters. The Bertz CT molecular complexity index is 396. The summed E-state index contributed by atoms with van der Waals surface area (Å²) < 4.78 is 43.8. The van der Waals surface area contributed by atoms with Crippen molar-refractivity contribution in [2.45, 2.75) is 23.9 Å². The first kappa shape index (κ1) is 16.3. The molecular weight excluding hydrogens is 275 g/mol. The molecule has 0 saturated heterocycles. The van der Waals surface area contributed by atoms with Gasteiger partial charge in [-0.15, -0.1) is 11.8 Å². The van der Waals surface area contributed by atoms with Crippen molar-refractivity contribution in [3.05, 3.63) is 29.3 Å². The van der Waals surface area contributed by atoms with Crippen LogP contribution in [-0.2, 0) is 17.3 Å². The smallest absolute Gasteiger partial charge is 0.385 e. The van der Waals surface area contributed by atoms with Crippen LogP contribution in [0.15, 0.2) is 23.1 Å². The highest BCUT2D eigenvalue weighted by molar-refractivity contribution is 7.99. The Morgan fingerprint density at radius 1 is 1.32 bits per heavy atom. The average molecular weight is 293 g/mol. The van der Waals surface area contributed by atoms with Gasteiger partial charge in [-0.3, -0.25) is 0 Å². The van der Waals surface area contributed by atoms with Gasteiger partial charge >= 0.3 is 6.18 Å². The lowest BCUT2D eigenvalue weighted by molar-refractivity contribution is -0.139. The second-order valence-electron chi connectivity index (χ2n) is 4.06. The number of nitrogens with two attached hydrogens (primary N) is 1. The van der Waals surface area contributed by atoms with E-state index in [1.165, 1.54) is 23.9 Å². The highest BCUT2D eigenvalue weighted by atomic mass is 32.2. The van der Waals surface area contributed by atoms with Crippen molar-refractivity contribution in [3.63, 3.8) is 0 Å². The molecule has 0 unspecified atom stereocenters. The molecule has 1 aromatic rings. The van der Waals surface area contributed by atoms with Gasteiger partial charge in [0.1, 0.15) is 0 Å². The summed E-state index contributed by atoms with van der Waals surface area (Å²) in [6.45, 7) is 0.900. The normalized spacial score (nSPS) is 11.8. The van der Waals surface area contributed by atoms with Gasteiger partial charge in [0.05, 0.1) is 5.56 Å². The second-order valence-corrected chi connectivity index (χ2v) is 5.20. The lowest BCUT2D eigenvalue weighted by atomic mass is 10.1. The van der Waals surface area contributed by atoms with Crippen molar-refractivity contribution < 1.29 is 17.9 Å². The highest BCUT2D eigenvalue weighted by Crippen LogP contribution is 2.37. The summed E-state index contributed by atoms with van der Waals surface area (Å²) in [5.41, 5.74) is 5.42. The van der Waals surface area contributed by atoms with Gasteiger partial charge in [0, 0.05) is 24.4 Å². The standard InChI is InChI=1S/C13H18F3NOS/c1-18-7-2-8-19-12-4-3-10(5-6-17)9-11(12)13(14,15)16/h3-4,9H,2,5-8,17H2,1H3. The molecule has 2 N–H and O–H groups in total. The lowest BCUT2D eigenvalue weighted by Crippen LogP contribution is -2.09. The molecule has 0 radical (unpaired) electrons. The fourth-order valence-electron chi connectivity index (χ4n) is 1.63. The van der Waals surface area contributed by atoms with E-state index in [9.17, 15) is 13.2 Å². The Kier molecular flexibility index (Phi) is 6.68. The fraction of sp³-hybridized carbons (Fsp3) is 0.538. The van der Waals surface area contributed by atoms with Crippen LogP contribution in [-0.4, -0.2) is 26.0 Å². The Morgan fingerprint density at radius 2 is 2.05 bits per heavy atom. The maximum Gasteiger partial charge on any atom is 0.417 e. The molecule has 19 heavy (non-hydrogen) atoms. The van der Waals surface area contributed by atoms with Crippen LogP contribution in [0.2, 0.25) is 0 Å². The maximum atomic E-state index is 13.0. The average Bonchev–Trinajstić information content (AvgIpc) is 2.35. The zero-order chi connectivity index (χ0) is 14.3. The van der Waals surface area contributed by atoms with Crippen molar-refractivity contribution in [1.82, 2.24) is 0 Å². The van der Waals surface area contributed by atoms with Crippen LogP contribution in [0.25, 0.3) is 0 Å². The summed E-state index contributed by atoms with van der Waals surface area (Å²) >= 11 is 1.21. The molecule has 0 amide bonds. The number of halogens is 3. The summed E-state index contributed by atoms with van der Waals surface area (Å²) in [4.78, 5) is 0.268. The van der Waals surface area contributed by atoms with Crippen molar-refractivity contribution in [2.75, 3.05) is 26.0 Å². The monoisotopic (exact) mass is 293 g/mol. The third-order valence-electron chi connectivity index (χ3n) is 2.53. The van der Waals surface area contributed by atoms with Gasteiger partial charge in [-0.25, -0.2) is 0 Å². The first-order chi connectivity index (χ1) is 8.99. The fourth-order valence-corrected chi connectivity index (χ4v) is 2.61. The maximum absolute atomic E-state index is 13.0. The highest BCUT2D eigenvalue weighted by Gasteiger charge is 2.33. The van der Waals surface area contributed by atoms with E-state index in [0.29, 0.717) is 30.9 Å². The van der Waals surface area contributed by atoms with Crippen LogP contribution in [0.5, 0.6) is 0 Å². The van der Waals surface area contributed by atoms with E-state index < -0.39 is 11.7 Å². The molecule has 0 heterocycles. The van der Waals surface area contributed by atoms with Crippen LogP contribution in [0.1, 0.15) is 17.5 Å². The van der Waals surface area contributed by atoms with Crippen molar-refractivity contribution in [1.29, 1.82) is 0 Å². The van der Waals surface area contributed by atoms with Crippen molar-refractivity contribution >= 4 is 11.8 Å². The Labute approximate surface area is 115 Å². The van der Waals surface area contributed by atoms with Crippen LogP contribution in [0.4, 0.5) is 13.2 Å². The van der Waals surface area contributed by atoms with E-state index in [1.807, 2.05) is 0 Å². The molecule has 6 heteroatoms. The summed E-state index contributed by atoms with van der Waals surface area (Å²) in [5.74, 6) is 0.604. The van der Waals surface area contributed by atoms with Gasteiger partial charge in [-0.1, -0.05) is 6.07 Å². The van der Waals surface area contributed by atoms with Crippen LogP contribution < -0.4 is 5.73 Å². The largest absolute Gasteiger partial charge is 0.417 e. The molecular formula is C13H18F3NOS. The number of methoxy groups -OCH3 is 1. The third-order valence-corrected chi connectivity index (χ3v) is 3.69. The number of alkyl halides is 3. The number of rotatable bonds is 7. The van der Waals surface area contributed by atoms with Crippen LogP contribution in [0, 0.1) is 0 Å². The van der Waals surface area contributed by atoms with Gasteiger partial charge in [0.15, 0.2) is 0 Å². The molecule has 0 spiro atoms. The predicted molar refractivity (Wildman–Crippen MR) is 71.4 cm³/mol. The number of hydrogen-bond donors (Lipinski definition) is 1. The molecule has 0 aromatic heterocycles. The molecule has 0 saturated carbocycles. The van der Waals surface area contributed by atoms with Crippen LogP contribution >= 0.6 is 11.8 Å². The van der Waals surface area contributed by atoms with Crippen molar-refractivity contribution in [2.24, 2.45) is 5.73 Å². The molecule has 0 aliphatic heterocycles. The minimum Gasteiger partial charge on any atom is -0.385 e. The van der Waals surface area contributed by atoms with E-state index in [2.05, 4.69) is 0 Å². The molecule has 1 rings (SSSR count). The third kappa shape index (κ3) is 5.42. The van der Waals surface area contributed by atoms with E-state index in [1.54, 1.807) is 13.2 Å². The van der Waals surface area contributed by atoms with Gasteiger partial charge in [-0.2, -0.15) is 13.2 Å². The number of benzene rings is 1. The Balaban J connectivity index is 2.84. The second kappa shape index (κ2) is 7.77. The zero-order valence-corrected chi connectivity index (χ0v) is 11.6. The summed E-state index contributed by atoms with van der Waals surface area (Å²) in [6, 6.07) is 4.44. The Hall–Kier alpha value is -0.720. The zero-order valence-electron chi connectivity index (χ0n) is 10.8. The first-order valence-corrected chi connectivity index (χ1v) is 6.99. The summed E-state index contributed by atoms with van der Waals surface area (Å²) in [6.07, 6.45) is -3.14. The predicted octanol–water partition coefficient (Wildman–Crippen LogP) is 3.34. The molecule has 0 aliphatic carbocycles. The van der Waals surface area contributed by atoms with Gasteiger partial charge in [0.25, 0.3) is 0 Å². The number of thioether (sulfide) groups is 1. The van der Waals surface area contributed by atoms with E-state index in [4.69, 9.17) is 10.5 Å². The lowest BCUT2D eigenvalue weighted by Gasteiger charge is -2.14. The SMILES string of the molecule is COCCCSc1ccc(CCN)cc1C(F)(F)F. The van der Waals surface area contributed by atoms with Gasteiger partial charge < -0.3 is 10.5 Å². The molecule has 108 valence electrons. The molecule has 0 fully saturated rings. The van der Waals surface area contributed by atoms with E-state index in [0.717, 1.165) is 6.42 Å². The van der Waals surface area contributed by atoms with Crippen LogP contribution in [0.3, 0.4) is 0 Å². The van der Waals surface area contributed by atoms with E-state index >= 15 is 0 Å². The summed E-state index contributed by atoms with van der Waals surface area (Å²) in [5, 5.41) is 0. The summed E-state index contributed by atoms with van der Waals surface area (Å²) in [7, 11) is 1.58. The Morgan fingerprint density at radius 3 is 2.63 bits per heavy atom. The topological polar surface area (TPSA) is 35.2 Å². The molecule has 2 nitrogen and oxygen atoms in total. The first-order valence-electron chi connectivity index (χ1n) is 6.01. The van der Waals surface area contributed by atoms with Crippen molar-refractivity contribution in [3.8, 4) is 0 Å². The minimum absolute atomic E-state index is 0.268. The van der Waals surface area contributed by atoms with Gasteiger partial charge in [-0.05, 0) is 37.1 Å². The van der Waals surface area contributed by atoms with E-state index in [-0.39, 0.29) is 4.90 Å². The minimum atomic E-state index is -4.33. The number of hydrogen-bond acceptors (Lipinski definition) is 3. The number of ether oxygens (including phenoxy) is 1. The molecule has 0 aliphatic rings. The van der Waals surface area contributed by atoms with Gasteiger partial charge in [0.2, 0.25) is 0 Å².